The lowest BCUT2D eigenvalue weighted by Gasteiger charge is -2.43. The Balaban J connectivity index is 1.91. The minimum absolute atomic E-state index is 0.0884. The van der Waals surface area contributed by atoms with Crippen LogP contribution >= 0.6 is 0 Å². The van der Waals surface area contributed by atoms with Gasteiger partial charge >= 0.3 is 0 Å². The highest BCUT2D eigenvalue weighted by Crippen LogP contribution is 2.45. The van der Waals surface area contributed by atoms with Crippen molar-refractivity contribution in [3.8, 4) is 5.75 Å². The van der Waals surface area contributed by atoms with Gasteiger partial charge in [0.1, 0.15) is 17.2 Å². The van der Waals surface area contributed by atoms with Crippen LogP contribution in [0.3, 0.4) is 0 Å². The minimum Gasteiger partial charge on any atom is -0.487 e. The van der Waals surface area contributed by atoms with E-state index >= 15 is 0 Å². The van der Waals surface area contributed by atoms with E-state index in [1.54, 1.807) is 6.07 Å². The highest BCUT2D eigenvalue weighted by Gasteiger charge is 2.40. The summed E-state index contributed by atoms with van der Waals surface area (Å²) in [4.78, 5) is 0. The van der Waals surface area contributed by atoms with Crippen LogP contribution in [0.25, 0.3) is 0 Å². The molecule has 1 aliphatic carbocycles. The molecule has 1 fully saturated rings. The van der Waals surface area contributed by atoms with Crippen molar-refractivity contribution in [1.82, 2.24) is 5.32 Å². The Hall–Kier alpha value is -1.09. The van der Waals surface area contributed by atoms with E-state index in [9.17, 15) is 4.39 Å². The normalized spacial score (nSPS) is 25.4. The van der Waals surface area contributed by atoms with Crippen LogP contribution in [0, 0.1) is 5.82 Å². The highest BCUT2D eigenvalue weighted by molar-refractivity contribution is 5.39. The summed E-state index contributed by atoms with van der Waals surface area (Å²) in [5.41, 5.74) is 1.01. The number of hydrogen-bond donors (Lipinski definition) is 1. The summed E-state index contributed by atoms with van der Waals surface area (Å²) in [6, 6.07) is 5.22. The first-order chi connectivity index (χ1) is 9.72. The lowest BCUT2D eigenvalue weighted by Crippen LogP contribution is -2.44. The molecule has 1 spiro atoms. The van der Waals surface area contributed by atoms with E-state index in [4.69, 9.17) is 4.74 Å². The maximum absolute atomic E-state index is 13.5. The third-order valence-electron chi connectivity index (χ3n) is 4.87. The molecule has 2 nitrogen and oxygen atoms in total. The highest BCUT2D eigenvalue weighted by atomic mass is 19.1. The molecule has 1 aromatic rings. The molecule has 1 unspecified atom stereocenters. The first kappa shape index (κ1) is 13.9. The van der Waals surface area contributed by atoms with Crippen LogP contribution in [0.4, 0.5) is 4.39 Å². The molecule has 1 N–H and O–H groups in total. The molecule has 20 heavy (non-hydrogen) atoms. The fraction of sp³-hybridized carbons (Fsp3) is 0.647. The molecule has 0 aromatic heterocycles. The lowest BCUT2D eigenvalue weighted by molar-refractivity contribution is 0.00707. The van der Waals surface area contributed by atoms with E-state index in [0.717, 1.165) is 30.6 Å². The summed E-state index contributed by atoms with van der Waals surface area (Å²) in [7, 11) is 1.99. The average Bonchev–Trinajstić information content (AvgIpc) is 2.42. The van der Waals surface area contributed by atoms with Gasteiger partial charge in [-0.3, -0.25) is 0 Å². The van der Waals surface area contributed by atoms with Crippen molar-refractivity contribution in [2.75, 3.05) is 7.05 Å². The van der Waals surface area contributed by atoms with Gasteiger partial charge in [0.2, 0.25) is 0 Å². The van der Waals surface area contributed by atoms with Crippen LogP contribution in [0.5, 0.6) is 5.75 Å². The zero-order valence-corrected chi connectivity index (χ0v) is 12.3. The van der Waals surface area contributed by atoms with Gasteiger partial charge < -0.3 is 10.1 Å². The van der Waals surface area contributed by atoms with Gasteiger partial charge in [0.25, 0.3) is 0 Å². The molecule has 110 valence electrons. The molecular formula is C17H24FNO. The van der Waals surface area contributed by atoms with E-state index in [2.05, 4.69) is 5.32 Å². The van der Waals surface area contributed by atoms with Crippen molar-refractivity contribution >= 4 is 0 Å². The minimum atomic E-state index is -0.207. The Bertz CT molecular complexity index is 466. The monoisotopic (exact) mass is 277 g/mol. The van der Waals surface area contributed by atoms with E-state index in [1.165, 1.54) is 38.2 Å². The van der Waals surface area contributed by atoms with Gasteiger partial charge in [0.05, 0.1) is 0 Å². The number of nitrogens with one attached hydrogen (secondary N) is 1. The number of hydrogen-bond acceptors (Lipinski definition) is 2. The summed E-state index contributed by atoms with van der Waals surface area (Å²) in [5, 5.41) is 3.38. The SMILES string of the molecule is CNC1CC2(CCCCCCC2)Oc2cc(F)ccc21. The van der Waals surface area contributed by atoms with Crippen molar-refractivity contribution in [3.63, 3.8) is 0 Å². The number of benzene rings is 1. The van der Waals surface area contributed by atoms with E-state index in [-0.39, 0.29) is 17.5 Å². The second kappa shape index (κ2) is 5.72. The van der Waals surface area contributed by atoms with Gasteiger partial charge in [-0.05, 0) is 38.8 Å². The Labute approximate surface area is 120 Å². The van der Waals surface area contributed by atoms with Crippen molar-refractivity contribution in [2.24, 2.45) is 0 Å². The lowest BCUT2D eigenvalue weighted by atomic mass is 9.79. The van der Waals surface area contributed by atoms with Gasteiger partial charge in [0, 0.05) is 24.1 Å². The molecular weight excluding hydrogens is 253 g/mol. The zero-order chi connectivity index (χ0) is 14.0. The second-order valence-electron chi connectivity index (χ2n) is 6.28. The van der Waals surface area contributed by atoms with Crippen LogP contribution in [0.15, 0.2) is 18.2 Å². The van der Waals surface area contributed by atoms with E-state index in [1.807, 2.05) is 13.1 Å². The first-order valence-corrected chi connectivity index (χ1v) is 7.88. The number of halogens is 1. The Morgan fingerprint density at radius 2 is 1.85 bits per heavy atom. The molecule has 1 atom stereocenters. The molecule has 1 heterocycles. The third-order valence-corrected chi connectivity index (χ3v) is 4.87. The molecule has 1 aromatic carbocycles. The summed E-state index contributed by atoms with van der Waals surface area (Å²) in [6.07, 6.45) is 9.58. The molecule has 1 saturated carbocycles. The zero-order valence-electron chi connectivity index (χ0n) is 12.3. The van der Waals surface area contributed by atoms with Gasteiger partial charge in [-0.1, -0.05) is 25.3 Å². The van der Waals surface area contributed by atoms with E-state index in [0.29, 0.717) is 0 Å². The van der Waals surface area contributed by atoms with Gasteiger partial charge in [-0.2, -0.15) is 0 Å². The molecule has 2 aliphatic rings. The fourth-order valence-corrected chi connectivity index (χ4v) is 3.75. The molecule has 3 rings (SSSR count). The van der Waals surface area contributed by atoms with Crippen LogP contribution in [0.2, 0.25) is 0 Å². The fourth-order valence-electron chi connectivity index (χ4n) is 3.75. The predicted molar refractivity (Wildman–Crippen MR) is 78.5 cm³/mol. The largest absolute Gasteiger partial charge is 0.487 e. The molecule has 0 bridgehead atoms. The van der Waals surface area contributed by atoms with Gasteiger partial charge in [-0.15, -0.1) is 0 Å². The summed E-state index contributed by atoms with van der Waals surface area (Å²) in [5.74, 6) is 0.540. The molecule has 0 saturated heterocycles. The van der Waals surface area contributed by atoms with Crippen LogP contribution < -0.4 is 10.1 Å². The summed E-state index contributed by atoms with van der Waals surface area (Å²) in [6.45, 7) is 0. The second-order valence-corrected chi connectivity index (χ2v) is 6.28. The molecule has 3 heteroatoms. The number of ether oxygens (including phenoxy) is 1. The topological polar surface area (TPSA) is 21.3 Å². The number of rotatable bonds is 1. The quantitative estimate of drug-likeness (QED) is 0.824. The first-order valence-electron chi connectivity index (χ1n) is 7.88. The van der Waals surface area contributed by atoms with Crippen LogP contribution in [-0.4, -0.2) is 12.6 Å². The van der Waals surface area contributed by atoms with Crippen molar-refractivity contribution in [1.29, 1.82) is 0 Å². The average molecular weight is 277 g/mol. The summed E-state index contributed by atoms with van der Waals surface area (Å²) < 4.78 is 19.9. The molecule has 1 aliphatic heterocycles. The van der Waals surface area contributed by atoms with Crippen molar-refractivity contribution in [2.45, 2.75) is 63.0 Å². The smallest absolute Gasteiger partial charge is 0.127 e. The Morgan fingerprint density at radius 3 is 2.55 bits per heavy atom. The van der Waals surface area contributed by atoms with Gasteiger partial charge in [-0.25, -0.2) is 4.39 Å². The maximum atomic E-state index is 13.5. The Morgan fingerprint density at radius 1 is 1.15 bits per heavy atom. The standard InChI is InChI=1S/C17H24FNO/c1-19-15-12-17(9-5-3-2-4-6-10-17)20-16-11-13(18)7-8-14(15)16/h7-8,11,15,19H,2-6,9-10,12H2,1H3. The van der Waals surface area contributed by atoms with E-state index < -0.39 is 0 Å². The summed E-state index contributed by atoms with van der Waals surface area (Å²) >= 11 is 0. The predicted octanol–water partition coefficient (Wildman–Crippen LogP) is 4.35. The molecule has 0 amide bonds. The van der Waals surface area contributed by atoms with Crippen LogP contribution in [-0.2, 0) is 0 Å². The maximum Gasteiger partial charge on any atom is 0.127 e. The van der Waals surface area contributed by atoms with Gasteiger partial charge in [0.15, 0.2) is 0 Å². The number of fused-ring (bicyclic) bond motifs is 1. The van der Waals surface area contributed by atoms with Crippen molar-refractivity contribution < 1.29 is 9.13 Å². The third kappa shape index (κ3) is 2.69. The van der Waals surface area contributed by atoms with Crippen LogP contribution in [0.1, 0.15) is 63.0 Å². The Kier molecular flexibility index (Phi) is 3.97. The molecule has 0 radical (unpaired) electrons. The van der Waals surface area contributed by atoms with Crippen molar-refractivity contribution in [3.05, 3.63) is 29.6 Å².